The molecule has 0 bridgehead atoms. The Balaban J connectivity index is 0.000000637. The molecule has 1 saturated carbocycles. The molecule has 19 heavy (non-hydrogen) atoms. The maximum atomic E-state index is 13.1. The summed E-state index contributed by atoms with van der Waals surface area (Å²) >= 11 is 0. The van der Waals surface area contributed by atoms with Crippen molar-refractivity contribution in [3.05, 3.63) is 48.9 Å². The molecular formula is C16H18FNO. The first-order valence-electron chi connectivity index (χ1n) is 6.52. The average molecular weight is 259 g/mol. The minimum absolute atomic E-state index is 0.218. The molecule has 3 heteroatoms. The van der Waals surface area contributed by atoms with Gasteiger partial charge in [0.25, 0.3) is 0 Å². The van der Waals surface area contributed by atoms with Crippen LogP contribution >= 0.6 is 0 Å². The van der Waals surface area contributed by atoms with Gasteiger partial charge in [-0.2, -0.15) is 0 Å². The maximum absolute atomic E-state index is 13.1. The summed E-state index contributed by atoms with van der Waals surface area (Å²) in [5.41, 5.74) is 2.07. The molecule has 100 valence electrons. The summed E-state index contributed by atoms with van der Waals surface area (Å²) in [5, 5.41) is 1.09. The zero-order valence-corrected chi connectivity index (χ0v) is 10.9. The third-order valence-electron chi connectivity index (χ3n) is 3.66. The smallest absolute Gasteiger partial charge is 0.132 e. The van der Waals surface area contributed by atoms with E-state index in [1.165, 1.54) is 17.7 Å². The number of fused-ring (bicyclic) bond motifs is 1. The number of hydrogen-bond acceptors (Lipinski definition) is 1. The van der Waals surface area contributed by atoms with Gasteiger partial charge in [-0.1, -0.05) is 0 Å². The molecule has 0 unspecified atom stereocenters. The summed E-state index contributed by atoms with van der Waals surface area (Å²) in [6.07, 6.45) is 5.16. The molecule has 0 saturated heterocycles. The molecule has 1 aliphatic rings. The minimum Gasteiger partial charge on any atom is -0.361 e. The van der Waals surface area contributed by atoms with Crippen molar-refractivity contribution < 1.29 is 9.18 Å². The normalized spacial score (nSPS) is 16.2. The van der Waals surface area contributed by atoms with Crippen LogP contribution in [-0.2, 0) is 4.79 Å². The van der Waals surface area contributed by atoms with E-state index in [1.54, 1.807) is 0 Å². The molecule has 2 nitrogen and oxygen atoms in total. The molecule has 1 aromatic heterocycles. The highest BCUT2D eigenvalue weighted by atomic mass is 19.1. The number of H-pyrrole nitrogens is 1. The van der Waals surface area contributed by atoms with Gasteiger partial charge < -0.3 is 4.98 Å². The van der Waals surface area contributed by atoms with Gasteiger partial charge in [0.1, 0.15) is 11.6 Å². The molecule has 0 radical (unpaired) electrons. The minimum atomic E-state index is -0.218. The van der Waals surface area contributed by atoms with E-state index in [1.807, 2.05) is 12.3 Å². The first-order chi connectivity index (χ1) is 9.24. The largest absolute Gasteiger partial charge is 0.361 e. The molecular weight excluding hydrogens is 241 g/mol. The van der Waals surface area contributed by atoms with Crippen LogP contribution in [-0.4, -0.2) is 10.8 Å². The first-order valence-corrected chi connectivity index (χ1v) is 6.52. The van der Waals surface area contributed by atoms with Gasteiger partial charge in [0.15, 0.2) is 0 Å². The van der Waals surface area contributed by atoms with Crippen LogP contribution in [0.3, 0.4) is 0 Å². The molecule has 0 spiro atoms. The fourth-order valence-corrected chi connectivity index (χ4v) is 2.71. The van der Waals surface area contributed by atoms with Crippen LogP contribution in [0.1, 0.15) is 37.2 Å². The van der Waals surface area contributed by atoms with E-state index in [-0.39, 0.29) is 5.82 Å². The van der Waals surface area contributed by atoms with Gasteiger partial charge in [-0.3, -0.25) is 4.79 Å². The summed E-state index contributed by atoms with van der Waals surface area (Å²) in [6.45, 7) is 6.00. The number of halogens is 1. The monoisotopic (exact) mass is 259 g/mol. The SMILES string of the molecule is C=C.O=C1CCC(c2c[nH]c3cc(F)ccc23)CC1. The summed E-state index contributed by atoms with van der Waals surface area (Å²) in [5.74, 6) is 0.587. The quantitative estimate of drug-likeness (QED) is 0.759. The van der Waals surface area contributed by atoms with E-state index in [2.05, 4.69) is 18.1 Å². The Hall–Kier alpha value is -1.90. The lowest BCUT2D eigenvalue weighted by molar-refractivity contribution is -0.120. The van der Waals surface area contributed by atoms with Crippen molar-refractivity contribution in [3.8, 4) is 0 Å². The van der Waals surface area contributed by atoms with E-state index in [0.29, 0.717) is 24.5 Å². The Bertz CT molecular complexity index is 577. The van der Waals surface area contributed by atoms with Crippen molar-refractivity contribution >= 4 is 16.7 Å². The number of nitrogens with one attached hydrogen (secondary N) is 1. The van der Waals surface area contributed by atoms with E-state index >= 15 is 0 Å². The lowest BCUT2D eigenvalue weighted by Gasteiger charge is -2.20. The zero-order chi connectivity index (χ0) is 13.8. The van der Waals surface area contributed by atoms with Crippen LogP contribution < -0.4 is 0 Å². The number of carbonyl (C=O) groups excluding carboxylic acids is 1. The van der Waals surface area contributed by atoms with Crippen LogP contribution in [0.15, 0.2) is 37.6 Å². The molecule has 0 aliphatic heterocycles. The lowest BCUT2D eigenvalue weighted by atomic mass is 9.83. The summed E-state index contributed by atoms with van der Waals surface area (Å²) in [7, 11) is 0. The fourth-order valence-electron chi connectivity index (χ4n) is 2.71. The Labute approximate surface area is 112 Å². The highest BCUT2D eigenvalue weighted by Crippen LogP contribution is 2.35. The van der Waals surface area contributed by atoms with Gasteiger partial charge in [-0.25, -0.2) is 4.39 Å². The Morgan fingerprint density at radius 2 is 1.89 bits per heavy atom. The van der Waals surface area contributed by atoms with Gasteiger partial charge in [0, 0.05) is 29.9 Å². The van der Waals surface area contributed by atoms with Crippen molar-refractivity contribution in [1.29, 1.82) is 0 Å². The highest BCUT2D eigenvalue weighted by molar-refractivity contribution is 5.84. The van der Waals surface area contributed by atoms with Crippen LogP contribution in [0.25, 0.3) is 10.9 Å². The third-order valence-corrected chi connectivity index (χ3v) is 3.66. The van der Waals surface area contributed by atoms with Gasteiger partial charge in [0.2, 0.25) is 0 Å². The van der Waals surface area contributed by atoms with Gasteiger partial charge in [-0.05, 0) is 42.5 Å². The molecule has 3 rings (SSSR count). The van der Waals surface area contributed by atoms with E-state index in [9.17, 15) is 9.18 Å². The van der Waals surface area contributed by atoms with E-state index in [0.717, 1.165) is 23.7 Å². The standard InChI is InChI=1S/C14H14FNO.C2H4/c15-10-3-6-12-13(8-16-14(12)7-10)9-1-4-11(17)5-2-9;1-2/h3,6-9,16H,1-2,4-5H2;1-2H2. The number of rotatable bonds is 1. The topological polar surface area (TPSA) is 32.9 Å². The van der Waals surface area contributed by atoms with Crippen LogP contribution in [0, 0.1) is 5.82 Å². The van der Waals surface area contributed by atoms with E-state index in [4.69, 9.17) is 0 Å². The molecule has 1 fully saturated rings. The van der Waals surface area contributed by atoms with Crippen LogP contribution in [0.2, 0.25) is 0 Å². The first kappa shape index (κ1) is 13.5. The van der Waals surface area contributed by atoms with Crippen LogP contribution in [0.5, 0.6) is 0 Å². The highest BCUT2D eigenvalue weighted by Gasteiger charge is 2.22. The summed E-state index contributed by atoms with van der Waals surface area (Å²) < 4.78 is 13.1. The number of aromatic amines is 1. The average Bonchev–Trinajstić information content (AvgIpc) is 2.85. The molecule has 2 aromatic rings. The van der Waals surface area contributed by atoms with E-state index < -0.39 is 0 Å². The number of Topliss-reactive ketones (excluding diaryl/α,β-unsaturated/α-hetero) is 1. The Morgan fingerprint density at radius 1 is 1.21 bits per heavy atom. The van der Waals surface area contributed by atoms with Crippen molar-refractivity contribution in [2.75, 3.05) is 0 Å². The molecule has 0 atom stereocenters. The number of benzene rings is 1. The maximum Gasteiger partial charge on any atom is 0.132 e. The zero-order valence-electron chi connectivity index (χ0n) is 10.9. The van der Waals surface area contributed by atoms with Gasteiger partial charge in [-0.15, -0.1) is 13.2 Å². The Kier molecular flexibility index (Phi) is 4.15. The predicted octanol–water partition coefficient (Wildman–Crippen LogP) is 4.34. The predicted molar refractivity (Wildman–Crippen MR) is 75.7 cm³/mol. The van der Waals surface area contributed by atoms with Crippen molar-refractivity contribution in [3.63, 3.8) is 0 Å². The molecule has 1 heterocycles. The second-order valence-electron chi connectivity index (χ2n) is 4.75. The number of carbonyl (C=O) groups is 1. The summed E-state index contributed by atoms with van der Waals surface area (Å²) in [6, 6.07) is 4.84. The molecule has 1 aromatic carbocycles. The Morgan fingerprint density at radius 3 is 2.58 bits per heavy atom. The van der Waals surface area contributed by atoms with Crippen molar-refractivity contribution in [2.45, 2.75) is 31.6 Å². The van der Waals surface area contributed by atoms with Gasteiger partial charge in [0.05, 0.1) is 0 Å². The number of ketones is 1. The van der Waals surface area contributed by atoms with Crippen molar-refractivity contribution in [1.82, 2.24) is 4.98 Å². The summed E-state index contributed by atoms with van der Waals surface area (Å²) in [4.78, 5) is 14.3. The van der Waals surface area contributed by atoms with Gasteiger partial charge >= 0.3 is 0 Å². The lowest BCUT2D eigenvalue weighted by Crippen LogP contribution is -2.11. The number of aromatic nitrogens is 1. The fraction of sp³-hybridized carbons (Fsp3) is 0.312. The van der Waals surface area contributed by atoms with Crippen molar-refractivity contribution in [2.24, 2.45) is 0 Å². The van der Waals surface area contributed by atoms with Crippen LogP contribution in [0.4, 0.5) is 4.39 Å². The third kappa shape index (κ3) is 2.75. The molecule has 1 N–H and O–H groups in total. The number of hydrogen-bond donors (Lipinski definition) is 1. The molecule has 0 amide bonds. The molecule has 1 aliphatic carbocycles. The second kappa shape index (κ2) is 5.83. The second-order valence-corrected chi connectivity index (χ2v) is 4.75.